The molecule has 0 N–H and O–H groups in total. The number of fused-ring (bicyclic) bond motifs is 1. The second-order valence-electron chi connectivity index (χ2n) is 4.17. The van der Waals surface area contributed by atoms with Crippen molar-refractivity contribution < 1.29 is 4.92 Å². The molecule has 2 aromatic heterocycles. The Morgan fingerprint density at radius 3 is 2.88 bits per heavy atom. The topological polar surface area (TPSA) is 60.4 Å². The molecule has 0 atom stereocenters. The summed E-state index contributed by atoms with van der Waals surface area (Å²) in [6, 6.07) is 5.36. The number of rotatable bonds is 3. The van der Waals surface area contributed by atoms with Gasteiger partial charge in [-0.25, -0.2) is 4.98 Å². The lowest BCUT2D eigenvalue weighted by Gasteiger charge is -2.00. The van der Waals surface area contributed by atoms with Crippen molar-refractivity contribution in [3.05, 3.63) is 40.2 Å². The fourth-order valence-electron chi connectivity index (χ4n) is 1.75. The molecule has 0 saturated carbocycles. The molecule has 2 heterocycles. The SMILES string of the molecule is CC(C)Cc1nc2ccccn2c1[N+](=O)[O-]. The first-order chi connectivity index (χ1) is 7.59. The largest absolute Gasteiger partial charge is 0.358 e. The van der Waals surface area contributed by atoms with Crippen molar-refractivity contribution in [1.29, 1.82) is 0 Å². The Hall–Kier alpha value is -1.91. The molecule has 0 aliphatic rings. The molecule has 84 valence electrons. The maximum atomic E-state index is 11.0. The standard InChI is InChI=1S/C11H13N3O2/c1-8(2)7-9-11(14(15)16)13-6-4-3-5-10(13)12-9/h3-6,8H,7H2,1-2H3. The Morgan fingerprint density at radius 2 is 2.25 bits per heavy atom. The van der Waals surface area contributed by atoms with Crippen molar-refractivity contribution in [2.45, 2.75) is 20.3 Å². The first kappa shape index (κ1) is 10.6. The van der Waals surface area contributed by atoms with Gasteiger partial charge < -0.3 is 10.1 Å². The third kappa shape index (κ3) is 1.76. The molecule has 16 heavy (non-hydrogen) atoms. The Balaban J connectivity index is 2.63. The maximum Gasteiger partial charge on any atom is 0.351 e. The third-order valence-electron chi connectivity index (χ3n) is 2.35. The Labute approximate surface area is 92.9 Å². The van der Waals surface area contributed by atoms with Gasteiger partial charge in [0, 0.05) is 12.5 Å². The smallest absolute Gasteiger partial charge is 0.351 e. The van der Waals surface area contributed by atoms with E-state index in [0.29, 0.717) is 23.7 Å². The van der Waals surface area contributed by atoms with Gasteiger partial charge in [-0.1, -0.05) is 19.9 Å². The zero-order valence-corrected chi connectivity index (χ0v) is 9.25. The minimum absolute atomic E-state index is 0.0873. The van der Waals surface area contributed by atoms with Crippen LogP contribution in [-0.4, -0.2) is 14.3 Å². The van der Waals surface area contributed by atoms with Gasteiger partial charge in [0.25, 0.3) is 0 Å². The Morgan fingerprint density at radius 1 is 1.50 bits per heavy atom. The van der Waals surface area contributed by atoms with Gasteiger partial charge in [0.15, 0.2) is 0 Å². The summed E-state index contributed by atoms with van der Waals surface area (Å²) >= 11 is 0. The van der Waals surface area contributed by atoms with Gasteiger partial charge in [-0.05, 0) is 16.9 Å². The highest BCUT2D eigenvalue weighted by Gasteiger charge is 2.22. The van der Waals surface area contributed by atoms with Crippen molar-refractivity contribution in [3.8, 4) is 0 Å². The van der Waals surface area contributed by atoms with E-state index in [4.69, 9.17) is 0 Å². The van der Waals surface area contributed by atoms with Gasteiger partial charge in [0.05, 0.1) is 6.20 Å². The molecule has 0 aliphatic heterocycles. The van der Waals surface area contributed by atoms with Crippen LogP contribution in [0.5, 0.6) is 0 Å². The maximum absolute atomic E-state index is 11.0. The Bertz CT molecular complexity index is 531. The molecule has 0 spiro atoms. The molecule has 0 bridgehead atoms. The molecule has 2 rings (SSSR count). The molecule has 0 aromatic carbocycles. The number of nitro groups is 1. The summed E-state index contributed by atoms with van der Waals surface area (Å²) in [5.41, 5.74) is 1.19. The van der Waals surface area contributed by atoms with Crippen molar-refractivity contribution in [3.63, 3.8) is 0 Å². The van der Waals surface area contributed by atoms with Crippen LogP contribution in [0.25, 0.3) is 5.65 Å². The predicted octanol–water partition coefficient (Wildman–Crippen LogP) is 2.44. The summed E-state index contributed by atoms with van der Waals surface area (Å²) in [7, 11) is 0. The highest BCUT2D eigenvalue weighted by molar-refractivity contribution is 5.49. The van der Waals surface area contributed by atoms with E-state index in [1.54, 1.807) is 18.3 Å². The predicted molar refractivity (Wildman–Crippen MR) is 60.4 cm³/mol. The number of hydrogen-bond donors (Lipinski definition) is 0. The molecule has 0 aliphatic carbocycles. The molecule has 2 aromatic rings. The highest BCUT2D eigenvalue weighted by atomic mass is 16.6. The fourth-order valence-corrected chi connectivity index (χ4v) is 1.75. The summed E-state index contributed by atoms with van der Waals surface area (Å²) in [5, 5.41) is 11.0. The van der Waals surface area contributed by atoms with E-state index in [0.717, 1.165) is 0 Å². The molecular formula is C11H13N3O2. The summed E-state index contributed by atoms with van der Waals surface area (Å²) in [5.74, 6) is 0.438. The fraction of sp³-hybridized carbons (Fsp3) is 0.364. The zero-order valence-electron chi connectivity index (χ0n) is 9.25. The van der Waals surface area contributed by atoms with Crippen LogP contribution in [0.15, 0.2) is 24.4 Å². The summed E-state index contributed by atoms with van der Waals surface area (Å²) in [6.45, 7) is 4.04. The summed E-state index contributed by atoms with van der Waals surface area (Å²) < 4.78 is 1.53. The molecule has 5 heteroatoms. The van der Waals surface area contributed by atoms with Crippen LogP contribution in [0, 0.1) is 16.0 Å². The van der Waals surface area contributed by atoms with E-state index in [2.05, 4.69) is 4.98 Å². The molecule has 0 unspecified atom stereocenters. The second kappa shape index (κ2) is 3.92. The van der Waals surface area contributed by atoms with Crippen LogP contribution in [0.4, 0.5) is 5.82 Å². The minimum Gasteiger partial charge on any atom is -0.358 e. The highest BCUT2D eigenvalue weighted by Crippen LogP contribution is 2.22. The number of nitrogens with zero attached hydrogens (tertiary/aromatic N) is 3. The lowest BCUT2D eigenvalue weighted by Crippen LogP contribution is -2.00. The molecule has 5 nitrogen and oxygen atoms in total. The van der Waals surface area contributed by atoms with Gasteiger partial charge in [0.2, 0.25) is 5.65 Å². The van der Waals surface area contributed by atoms with Crippen LogP contribution in [0.1, 0.15) is 19.5 Å². The quantitative estimate of drug-likeness (QED) is 0.588. The van der Waals surface area contributed by atoms with Gasteiger partial charge in [0.1, 0.15) is 5.69 Å². The Kier molecular flexibility index (Phi) is 2.60. The van der Waals surface area contributed by atoms with Crippen molar-refractivity contribution >= 4 is 11.5 Å². The van der Waals surface area contributed by atoms with E-state index >= 15 is 0 Å². The van der Waals surface area contributed by atoms with Crippen LogP contribution in [-0.2, 0) is 6.42 Å². The first-order valence-corrected chi connectivity index (χ1v) is 5.20. The average Bonchev–Trinajstić information content (AvgIpc) is 2.53. The van der Waals surface area contributed by atoms with E-state index < -0.39 is 0 Å². The number of aromatic nitrogens is 2. The normalized spacial score (nSPS) is 11.2. The van der Waals surface area contributed by atoms with Crippen molar-refractivity contribution in [1.82, 2.24) is 9.38 Å². The van der Waals surface area contributed by atoms with Crippen LogP contribution < -0.4 is 0 Å². The van der Waals surface area contributed by atoms with E-state index in [9.17, 15) is 10.1 Å². The van der Waals surface area contributed by atoms with E-state index in [-0.39, 0.29) is 10.7 Å². The monoisotopic (exact) mass is 219 g/mol. The molecule has 0 saturated heterocycles. The van der Waals surface area contributed by atoms with Crippen molar-refractivity contribution in [2.75, 3.05) is 0 Å². The van der Waals surface area contributed by atoms with Crippen molar-refractivity contribution in [2.24, 2.45) is 5.92 Å². The van der Waals surface area contributed by atoms with Gasteiger partial charge in [-0.3, -0.25) is 0 Å². The molecule has 0 fully saturated rings. The van der Waals surface area contributed by atoms with Crippen LogP contribution in [0.3, 0.4) is 0 Å². The number of imidazole rings is 1. The van der Waals surface area contributed by atoms with Gasteiger partial charge in [-0.2, -0.15) is 4.40 Å². The second-order valence-corrected chi connectivity index (χ2v) is 4.17. The van der Waals surface area contributed by atoms with E-state index in [1.165, 1.54) is 4.40 Å². The average molecular weight is 219 g/mol. The van der Waals surface area contributed by atoms with E-state index in [1.807, 2.05) is 19.9 Å². The lowest BCUT2D eigenvalue weighted by atomic mass is 10.1. The molecule has 0 amide bonds. The van der Waals surface area contributed by atoms with Crippen LogP contribution in [0.2, 0.25) is 0 Å². The number of pyridine rings is 1. The third-order valence-corrected chi connectivity index (χ3v) is 2.35. The lowest BCUT2D eigenvalue weighted by molar-refractivity contribution is -0.391. The van der Waals surface area contributed by atoms with Gasteiger partial charge in [-0.15, -0.1) is 0 Å². The first-order valence-electron chi connectivity index (χ1n) is 5.20. The zero-order chi connectivity index (χ0) is 11.7. The van der Waals surface area contributed by atoms with Gasteiger partial charge >= 0.3 is 5.82 Å². The van der Waals surface area contributed by atoms with Crippen LogP contribution >= 0.6 is 0 Å². The number of hydrogen-bond acceptors (Lipinski definition) is 3. The molecule has 0 radical (unpaired) electrons. The summed E-state index contributed by atoms with van der Waals surface area (Å²) in [6.07, 6.45) is 2.29. The summed E-state index contributed by atoms with van der Waals surface area (Å²) in [4.78, 5) is 15.0. The molecular weight excluding hydrogens is 206 g/mol. The minimum atomic E-state index is -0.363.